The summed E-state index contributed by atoms with van der Waals surface area (Å²) < 4.78 is 4.88. The van der Waals surface area contributed by atoms with E-state index in [2.05, 4.69) is 10.6 Å². The number of amides is 2. The Kier molecular flexibility index (Phi) is 5.76. The van der Waals surface area contributed by atoms with Crippen molar-refractivity contribution in [2.75, 3.05) is 0 Å². The van der Waals surface area contributed by atoms with Gasteiger partial charge in [0.05, 0.1) is 12.5 Å². The highest BCUT2D eigenvalue weighted by atomic mass is 16.4. The van der Waals surface area contributed by atoms with Gasteiger partial charge in [0.15, 0.2) is 0 Å². The SMILES string of the molecule is CC(CCCC(=O)O)NC(=O)NCc1ccoc1. The van der Waals surface area contributed by atoms with Crippen LogP contribution in [0.2, 0.25) is 0 Å². The molecule has 0 aliphatic rings. The van der Waals surface area contributed by atoms with E-state index in [-0.39, 0.29) is 18.5 Å². The van der Waals surface area contributed by atoms with E-state index in [4.69, 9.17) is 9.52 Å². The molecule has 6 nitrogen and oxygen atoms in total. The first-order valence-corrected chi connectivity index (χ1v) is 5.85. The second kappa shape index (κ2) is 7.37. The Hall–Kier alpha value is -1.98. The van der Waals surface area contributed by atoms with E-state index >= 15 is 0 Å². The minimum absolute atomic E-state index is 0.0475. The molecule has 18 heavy (non-hydrogen) atoms. The van der Waals surface area contributed by atoms with Crippen LogP contribution >= 0.6 is 0 Å². The van der Waals surface area contributed by atoms with Crippen LogP contribution in [0.4, 0.5) is 4.79 Å². The summed E-state index contributed by atoms with van der Waals surface area (Å²) in [5.74, 6) is -0.813. The fraction of sp³-hybridized carbons (Fsp3) is 0.500. The van der Waals surface area contributed by atoms with Gasteiger partial charge in [0.2, 0.25) is 0 Å². The van der Waals surface area contributed by atoms with Crippen LogP contribution in [0.5, 0.6) is 0 Å². The second-order valence-corrected chi connectivity index (χ2v) is 4.15. The fourth-order valence-electron chi connectivity index (χ4n) is 1.48. The highest BCUT2D eigenvalue weighted by Crippen LogP contribution is 2.01. The molecule has 1 aromatic heterocycles. The number of nitrogens with one attached hydrogen (secondary N) is 2. The Labute approximate surface area is 105 Å². The first-order valence-electron chi connectivity index (χ1n) is 5.85. The lowest BCUT2D eigenvalue weighted by atomic mass is 10.1. The molecule has 1 unspecified atom stereocenters. The van der Waals surface area contributed by atoms with E-state index in [1.54, 1.807) is 18.6 Å². The average Bonchev–Trinajstić information content (AvgIpc) is 2.78. The number of hydrogen-bond acceptors (Lipinski definition) is 3. The summed E-state index contributed by atoms with van der Waals surface area (Å²) in [5.41, 5.74) is 0.892. The van der Waals surface area contributed by atoms with Crippen molar-refractivity contribution in [3.05, 3.63) is 24.2 Å². The molecule has 6 heteroatoms. The predicted octanol–water partition coefficient (Wildman–Crippen LogP) is 1.72. The molecule has 0 fully saturated rings. The zero-order valence-electron chi connectivity index (χ0n) is 10.3. The van der Waals surface area contributed by atoms with Gasteiger partial charge in [-0.3, -0.25) is 4.79 Å². The van der Waals surface area contributed by atoms with Crippen LogP contribution in [0.15, 0.2) is 23.0 Å². The minimum Gasteiger partial charge on any atom is -0.481 e. The van der Waals surface area contributed by atoms with E-state index in [1.807, 2.05) is 6.92 Å². The molecule has 1 rings (SSSR count). The summed E-state index contributed by atoms with van der Waals surface area (Å²) in [4.78, 5) is 21.8. The first-order chi connectivity index (χ1) is 8.58. The molecule has 1 heterocycles. The molecule has 100 valence electrons. The Morgan fingerprint density at radius 1 is 1.50 bits per heavy atom. The van der Waals surface area contributed by atoms with Crippen LogP contribution in [-0.4, -0.2) is 23.1 Å². The minimum atomic E-state index is -0.813. The Bertz CT molecular complexity index is 375. The quantitative estimate of drug-likeness (QED) is 0.691. The van der Waals surface area contributed by atoms with Gasteiger partial charge >= 0.3 is 12.0 Å². The van der Waals surface area contributed by atoms with Crippen molar-refractivity contribution in [3.63, 3.8) is 0 Å². The van der Waals surface area contributed by atoms with Crippen LogP contribution in [0.1, 0.15) is 31.7 Å². The van der Waals surface area contributed by atoms with Gasteiger partial charge in [0.1, 0.15) is 0 Å². The van der Waals surface area contributed by atoms with Crippen LogP contribution in [0, 0.1) is 0 Å². The van der Waals surface area contributed by atoms with Crippen LogP contribution in [0.25, 0.3) is 0 Å². The third-order valence-electron chi connectivity index (χ3n) is 2.44. The van der Waals surface area contributed by atoms with Crippen molar-refractivity contribution in [1.29, 1.82) is 0 Å². The number of urea groups is 1. The molecule has 0 aliphatic heterocycles. The molecular weight excluding hydrogens is 236 g/mol. The van der Waals surface area contributed by atoms with Crippen molar-refractivity contribution in [2.24, 2.45) is 0 Å². The monoisotopic (exact) mass is 254 g/mol. The van der Waals surface area contributed by atoms with Gasteiger partial charge in [-0.15, -0.1) is 0 Å². The van der Waals surface area contributed by atoms with E-state index in [0.717, 1.165) is 5.56 Å². The summed E-state index contributed by atoms with van der Waals surface area (Å²) in [6.07, 6.45) is 4.44. The lowest BCUT2D eigenvalue weighted by molar-refractivity contribution is -0.137. The number of carbonyl (C=O) groups excluding carboxylic acids is 1. The number of carbonyl (C=O) groups is 2. The molecule has 2 amide bonds. The van der Waals surface area contributed by atoms with Gasteiger partial charge in [-0.1, -0.05) is 0 Å². The molecule has 0 aliphatic carbocycles. The smallest absolute Gasteiger partial charge is 0.315 e. The Balaban J connectivity index is 2.13. The zero-order chi connectivity index (χ0) is 13.4. The van der Waals surface area contributed by atoms with Crippen LogP contribution in [-0.2, 0) is 11.3 Å². The molecule has 1 atom stereocenters. The van der Waals surface area contributed by atoms with E-state index in [0.29, 0.717) is 19.4 Å². The predicted molar refractivity (Wildman–Crippen MR) is 65.0 cm³/mol. The molecule has 0 saturated carbocycles. The number of furan rings is 1. The highest BCUT2D eigenvalue weighted by Gasteiger charge is 2.07. The molecular formula is C12H18N2O4. The lowest BCUT2D eigenvalue weighted by Crippen LogP contribution is -2.40. The maximum absolute atomic E-state index is 11.5. The summed E-state index contributed by atoms with van der Waals surface area (Å²) in [7, 11) is 0. The van der Waals surface area contributed by atoms with E-state index in [1.165, 1.54) is 0 Å². The number of rotatable bonds is 7. The third kappa shape index (κ3) is 5.93. The third-order valence-corrected chi connectivity index (χ3v) is 2.44. The number of carboxylic acids is 1. The fourth-order valence-corrected chi connectivity index (χ4v) is 1.48. The van der Waals surface area contributed by atoms with Gasteiger partial charge in [0, 0.05) is 24.6 Å². The number of hydrogen-bond donors (Lipinski definition) is 3. The topological polar surface area (TPSA) is 91.6 Å². The zero-order valence-corrected chi connectivity index (χ0v) is 10.3. The largest absolute Gasteiger partial charge is 0.481 e. The Morgan fingerprint density at radius 2 is 2.28 bits per heavy atom. The summed E-state index contributed by atoms with van der Waals surface area (Å²) in [6, 6.07) is 1.46. The van der Waals surface area contributed by atoms with Gasteiger partial charge in [-0.2, -0.15) is 0 Å². The van der Waals surface area contributed by atoms with Crippen molar-refractivity contribution >= 4 is 12.0 Å². The van der Waals surface area contributed by atoms with Crippen LogP contribution in [0.3, 0.4) is 0 Å². The summed E-state index contributed by atoms with van der Waals surface area (Å²) in [5, 5.41) is 13.9. The number of aliphatic carboxylic acids is 1. The van der Waals surface area contributed by atoms with Crippen molar-refractivity contribution in [2.45, 2.75) is 38.8 Å². The standard InChI is InChI=1S/C12H18N2O4/c1-9(3-2-4-11(15)16)14-12(17)13-7-10-5-6-18-8-10/h5-6,8-9H,2-4,7H2,1H3,(H,15,16)(H2,13,14,17). The number of carboxylic acid groups (broad SMARTS) is 1. The maximum atomic E-state index is 11.5. The van der Waals surface area contributed by atoms with Gasteiger partial charge in [-0.05, 0) is 25.8 Å². The van der Waals surface area contributed by atoms with Gasteiger partial charge < -0.3 is 20.2 Å². The molecule has 1 aromatic rings. The van der Waals surface area contributed by atoms with Crippen molar-refractivity contribution in [1.82, 2.24) is 10.6 Å². The summed E-state index contributed by atoms with van der Waals surface area (Å²) in [6.45, 7) is 2.25. The lowest BCUT2D eigenvalue weighted by Gasteiger charge is -2.13. The maximum Gasteiger partial charge on any atom is 0.315 e. The van der Waals surface area contributed by atoms with Crippen molar-refractivity contribution < 1.29 is 19.1 Å². The Morgan fingerprint density at radius 3 is 2.89 bits per heavy atom. The van der Waals surface area contributed by atoms with Gasteiger partial charge in [-0.25, -0.2) is 4.79 Å². The van der Waals surface area contributed by atoms with E-state index < -0.39 is 5.97 Å². The molecule has 0 aromatic carbocycles. The van der Waals surface area contributed by atoms with Crippen molar-refractivity contribution in [3.8, 4) is 0 Å². The van der Waals surface area contributed by atoms with E-state index in [9.17, 15) is 9.59 Å². The molecule has 0 saturated heterocycles. The highest BCUT2D eigenvalue weighted by molar-refractivity contribution is 5.74. The van der Waals surface area contributed by atoms with Crippen LogP contribution < -0.4 is 10.6 Å². The molecule has 3 N–H and O–H groups in total. The molecule has 0 spiro atoms. The second-order valence-electron chi connectivity index (χ2n) is 4.15. The average molecular weight is 254 g/mol. The molecule has 0 bridgehead atoms. The van der Waals surface area contributed by atoms with Gasteiger partial charge in [0.25, 0.3) is 0 Å². The normalized spacial score (nSPS) is 11.8. The first kappa shape index (κ1) is 14.1. The summed E-state index contributed by atoms with van der Waals surface area (Å²) >= 11 is 0. The molecule has 0 radical (unpaired) electrons.